The minimum atomic E-state index is 0.617. The Kier molecular flexibility index (Phi) is 58.0. The fourth-order valence-electron chi connectivity index (χ4n) is 1.44. The number of ether oxygens (including phenoxy) is 1. The summed E-state index contributed by atoms with van der Waals surface area (Å²) in [5, 5.41) is 14.0. The number of rotatable bonds is 11. The predicted molar refractivity (Wildman–Crippen MR) is 95.8 cm³/mol. The second-order valence-corrected chi connectivity index (χ2v) is 4.24. The quantitative estimate of drug-likeness (QED) is 0.428. The molecule has 3 heteroatoms. The molecular formula is C18H40O3. The lowest BCUT2D eigenvalue weighted by Gasteiger charge is -1.97. The van der Waals surface area contributed by atoms with Crippen LogP contribution in [-0.2, 0) is 4.74 Å². The van der Waals surface area contributed by atoms with E-state index < -0.39 is 0 Å². The lowest BCUT2D eigenvalue weighted by atomic mass is 10.1. The van der Waals surface area contributed by atoms with E-state index >= 15 is 0 Å². The third kappa shape index (κ3) is 54.4. The topological polar surface area (TPSA) is 49.7 Å². The van der Waals surface area contributed by atoms with Gasteiger partial charge in [0.25, 0.3) is 0 Å². The standard InChI is InChI=1S/C10H22.C6H10O.2CH4O/c1-3-5-7-9-10-8-6-4-2;1-3-5-7-6-4-2;2*1-2/h3-10H2,1-2H3;3-4H,1-2,5-6H2;2*2H,1H3. The van der Waals surface area contributed by atoms with Gasteiger partial charge in [0.05, 0.1) is 13.2 Å². The number of hydrogen-bond acceptors (Lipinski definition) is 3. The molecule has 0 rings (SSSR count). The van der Waals surface area contributed by atoms with E-state index in [1.165, 1.54) is 51.4 Å². The Hall–Kier alpha value is -0.640. The summed E-state index contributed by atoms with van der Waals surface area (Å²) in [4.78, 5) is 0. The van der Waals surface area contributed by atoms with Crippen LogP contribution in [0.4, 0.5) is 0 Å². The van der Waals surface area contributed by atoms with Gasteiger partial charge in [-0.25, -0.2) is 0 Å². The van der Waals surface area contributed by atoms with Gasteiger partial charge in [-0.2, -0.15) is 0 Å². The van der Waals surface area contributed by atoms with Crippen LogP contribution in [0.25, 0.3) is 0 Å². The van der Waals surface area contributed by atoms with Gasteiger partial charge < -0.3 is 14.9 Å². The van der Waals surface area contributed by atoms with Crippen molar-refractivity contribution >= 4 is 0 Å². The van der Waals surface area contributed by atoms with E-state index in [-0.39, 0.29) is 0 Å². The molecule has 0 aromatic carbocycles. The maximum atomic E-state index is 7.00. The van der Waals surface area contributed by atoms with Crippen molar-refractivity contribution in [2.75, 3.05) is 27.4 Å². The van der Waals surface area contributed by atoms with Gasteiger partial charge in [0.2, 0.25) is 0 Å². The number of hydrogen-bond donors (Lipinski definition) is 2. The predicted octanol–water partition coefficient (Wildman–Crippen LogP) is 4.74. The lowest BCUT2D eigenvalue weighted by Crippen LogP contribution is -1.87. The summed E-state index contributed by atoms with van der Waals surface area (Å²) >= 11 is 0. The molecule has 0 aliphatic rings. The van der Waals surface area contributed by atoms with Crippen molar-refractivity contribution in [2.45, 2.75) is 65.2 Å². The maximum absolute atomic E-state index is 7.00. The first kappa shape index (κ1) is 28.5. The minimum absolute atomic E-state index is 0.617. The van der Waals surface area contributed by atoms with Crippen molar-refractivity contribution in [2.24, 2.45) is 0 Å². The molecule has 21 heavy (non-hydrogen) atoms. The number of aliphatic hydroxyl groups excluding tert-OH is 2. The maximum Gasteiger partial charge on any atom is 0.0649 e. The Balaban J connectivity index is -0.000000115. The zero-order chi connectivity index (χ0) is 17.2. The Morgan fingerprint density at radius 2 is 0.952 bits per heavy atom. The molecule has 0 saturated carbocycles. The summed E-state index contributed by atoms with van der Waals surface area (Å²) in [5.41, 5.74) is 0. The molecule has 0 heterocycles. The molecule has 0 atom stereocenters. The molecule has 0 aromatic rings. The van der Waals surface area contributed by atoms with Gasteiger partial charge in [-0.1, -0.05) is 77.4 Å². The summed E-state index contributed by atoms with van der Waals surface area (Å²) in [7, 11) is 2.00. The first-order valence-electron chi connectivity index (χ1n) is 8.02. The molecule has 0 aliphatic heterocycles. The van der Waals surface area contributed by atoms with Crippen LogP contribution in [0.3, 0.4) is 0 Å². The van der Waals surface area contributed by atoms with Gasteiger partial charge in [-0.05, 0) is 0 Å². The van der Waals surface area contributed by atoms with Gasteiger partial charge in [-0.15, -0.1) is 13.2 Å². The summed E-state index contributed by atoms with van der Waals surface area (Å²) in [5.74, 6) is 0. The van der Waals surface area contributed by atoms with Crippen LogP contribution >= 0.6 is 0 Å². The lowest BCUT2D eigenvalue weighted by molar-refractivity contribution is 0.194. The van der Waals surface area contributed by atoms with Crippen LogP contribution in [-0.4, -0.2) is 37.6 Å². The van der Waals surface area contributed by atoms with Crippen molar-refractivity contribution in [1.82, 2.24) is 0 Å². The first-order chi connectivity index (χ1) is 10.3. The zero-order valence-corrected chi connectivity index (χ0v) is 14.9. The average molecular weight is 305 g/mol. The third-order valence-electron chi connectivity index (χ3n) is 2.43. The molecule has 0 spiro atoms. The Morgan fingerprint density at radius 1 is 0.667 bits per heavy atom. The van der Waals surface area contributed by atoms with Gasteiger partial charge in [0.1, 0.15) is 0 Å². The molecule has 0 saturated heterocycles. The summed E-state index contributed by atoms with van der Waals surface area (Å²) < 4.78 is 4.90. The molecule has 0 bridgehead atoms. The molecule has 0 unspecified atom stereocenters. The molecule has 0 aromatic heterocycles. The van der Waals surface area contributed by atoms with Gasteiger partial charge >= 0.3 is 0 Å². The Morgan fingerprint density at radius 3 is 1.19 bits per heavy atom. The van der Waals surface area contributed by atoms with Crippen molar-refractivity contribution < 1.29 is 14.9 Å². The van der Waals surface area contributed by atoms with Gasteiger partial charge in [-0.3, -0.25) is 0 Å². The highest BCUT2D eigenvalue weighted by Gasteiger charge is 1.87. The van der Waals surface area contributed by atoms with Crippen molar-refractivity contribution in [3.8, 4) is 0 Å². The molecule has 2 N–H and O–H groups in total. The smallest absolute Gasteiger partial charge is 0.0649 e. The van der Waals surface area contributed by atoms with E-state index in [1.807, 2.05) is 0 Å². The Bertz CT molecular complexity index is 131. The van der Waals surface area contributed by atoms with Crippen LogP contribution < -0.4 is 0 Å². The van der Waals surface area contributed by atoms with E-state index in [2.05, 4.69) is 27.0 Å². The normalized spacial score (nSPS) is 8.10. The molecule has 3 nitrogen and oxygen atoms in total. The summed E-state index contributed by atoms with van der Waals surface area (Å²) in [6.07, 6.45) is 14.9. The molecule has 0 radical (unpaired) electrons. The fraction of sp³-hybridized carbons (Fsp3) is 0.778. The van der Waals surface area contributed by atoms with E-state index in [1.54, 1.807) is 12.2 Å². The number of unbranched alkanes of at least 4 members (excludes halogenated alkanes) is 7. The fourth-order valence-corrected chi connectivity index (χ4v) is 1.44. The highest BCUT2D eigenvalue weighted by Crippen LogP contribution is 2.07. The van der Waals surface area contributed by atoms with Crippen LogP contribution in [0.15, 0.2) is 25.3 Å². The van der Waals surface area contributed by atoms with Crippen molar-refractivity contribution in [1.29, 1.82) is 0 Å². The molecule has 130 valence electrons. The van der Waals surface area contributed by atoms with Crippen molar-refractivity contribution in [3.63, 3.8) is 0 Å². The monoisotopic (exact) mass is 304 g/mol. The van der Waals surface area contributed by atoms with Crippen molar-refractivity contribution in [3.05, 3.63) is 25.3 Å². The van der Waals surface area contributed by atoms with Crippen LogP contribution in [0.2, 0.25) is 0 Å². The van der Waals surface area contributed by atoms with E-state index in [9.17, 15) is 0 Å². The largest absolute Gasteiger partial charge is 0.400 e. The van der Waals surface area contributed by atoms with E-state index in [4.69, 9.17) is 14.9 Å². The van der Waals surface area contributed by atoms with E-state index in [0.29, 0.717) is 13.2 Å². The van der Waals surface area contributed by atoms with Crippen LogP contribution in [0.1, 0.15) is 65.2 Å². The van der Waals surface area contributed by atoms with Gasteiger partial charge in [0.15, 0.2) is 0 Å². The number of aliphatic hydroxyl groups is 2. The van der Waals surface area contributed by atoms with E-state index in [0.717, 1.165) is 14.2 Å². The molecule has 0 aliphatic carbocycles. The highest BCUT2D eigenvalue weighted by molar-refractivity contribution is 4.68. The Labute approximate surface area is 133 Å². The summed E-state index contributed by atoms with van der Waals surface area (Å²) in [6.45, 7) is 12.7. The van der Waals surface area contributed by atoms with Gasteiger partial charge in [0, 0.05) is 14.2 Å². The second kappa shape index (κ2) is 42.7. The minimum Gasteiger partial charge on any atom is -0.400 e. The zero-order valence-electron chi connectivity index (χ0n) is 14.9. The summed E-state index contributed by atoms with van der Waals surface area (Å²) in [6, 6.07) is 0. The second-order valence-electron chi connectivity index (χ2n) is 4.24. The molecule has 0 fully saturated rings. The third-order valence-corrected chi connectivity index (χ3v) is 2.43. The molecule has 0 amide bonds. The SMILES string of the molecule is C=CCOCC=C.CCCCCCCCCC.CO.CO. The van der Waals surface area contributed by atoms with Crippen LogP contribution in [0, 0.1) is 0 Å². The highest BCUT2D eigenvalue weighted by atomic mass is 16.5. The first-order valence-corrected chi connectivity index (χ1v) is 8.02. The average Bonchev–Trinajstić information content (AvgIpc) is 2.56. The van der Waals surface area contributed by atoms with Crippen LogP contribution in [0.5, 0.6) is 0 Å². The molecular weight excluding hydrogens is 264 g/mol.